The van der Waals surface area contributed by atoms with E-state index in [1.165, 1.54) is 4.68 Å². The van der Waals surface area contributed by atoms with Crippen LogP contribution in [-0.4, -0.2) is 33.5 Å². The van der Waals surface area contributed by atoms with Crippen molar-refractivity contribution in [2.75, 3.05) is 6.61 Å². The molecule has 0 saturated carbocycles. The molecule has 1 aromatic heterocycles. The highest BCUT2D eigenvalue weighted by molar-refractivity contribution is 5.85. The van der Waals surface area contributed by atoms with Crippen LogP contribution in [0.5, 0.6) is 0 Å². The lowest BCUT2D eigenvalue weighted by atomic mass is 10.3. The van der Waals surface area contributed by atoms with Crippen molar-refractivity contribution in [2.24, 2.45) is 0 Å². The summed E-state index contributed by atoms with van der Waals surface area (Å²) >= 11 is 0. The van der Waals surface area contributed by atoms with E-state index < -0.39 is 12.1 Å². The Labute approximate surface area is 116 Å². The van der Waals surface area contributed by atoms with Crippen LogP contribution in [0.4, 0.5) is 4.39 Å². The third-order valence-corrected chi connectivity index (χ3v) is 2.65. The van der Waals surface area contributed by atoms with Crippen LogP contribution in [0.25, 0.3) is 0 Å². The number of hydrogen-bond donors (Lipinski definition) is 0. The van der Waals surface area contributed by atoms with Gasteiger partial charge < -0.3 is 4.74 Å². The molecule has 2 heterocycles. The number of nitrogens with zero attached hydrogens (tertiary/aromatic N) is 3. The monoisotopic (exact) mass is 277 g/mol. The van der Waals surface area contributed by atoms with Gasteiger partial charge in [0.2, 0.25) is 0 Å². The molecular weight excluding hydrogens is 261 g/mol. The van der Waals surface area contributed by atoms with E-state index >= 15 is 0 Å². The maximum atomic E-state index is 12.8. The summed E-state index contributed by atoms with van der Waals surface area (Å²) in [4.78, 5) is 15.1. The summed E-state index contributed by atoms with van der Waals surface area (Å²) < 4.78 is 18.9. The first-order valence-corrected chi connectivity index (χ1v) is 6.45. The van der Waals surface area contributed by atoms with Gasteiger partial charge in [-0.05, 0) is 6.92 Å². The van der Waals surface area contributed by atoms with Crippen LogP contribution in [0.2, 0.25) is 0 Å². The van der Waals surface area contributed by atoms with Crippen LogP contribution >= 0.6 is 0 Å². The van der Waals surface area contributed by atoms with E-state index in [0.29, 0.717) is 5.82 Å². The zero-order valence-electron chi connectivity index (χ0n) is 11.2. The SMILES string of the molecule is CCOC(=O)c1nc2n(n1)CC(F)C2.c1ccccc1. The smallest absolute Gasteiger partial charge is 0.378 e. The second kappa shape index (κ2) is 6.79. The summed E-state index contributed by atoms with van der Waals surface area (Å²) in [6.45, 7) is 2.18. The molecular formula is C14H16FN3O2. The molecule has 106 valence electrons. The summed E-state index contributed by atoms with van der Waals surface area (Å²) in [5.41, 5.74) is 0. The Kier molecular flexibility index (Phi) is 4.81. The second-order valence-electron chi connectivity index (χ2n) is 4.21. The average Bonchev–Trinajstić information content (AvgIpc) is 2.99. The highest BCUT2D eigenvalue weighted by Crippen LogP contribution is 2.15. The number of halogens is 1. The zero-order valence-corrected chi connectivity index (χ0v) is 11.2. The van der Waals surface area contributed by atoms with E-state index in [-0.39, 0.29) is 25.4 Å². The van der Waals surface area contributed by atoms with Crippen LogP contribution in [0.3, 0.4) is 0 Å². The van der Waals surface area contributed by atoms with E-state index in [9.17, 15) is 9.18 Å². The molecule has 5 nitrogen and oxygen atoms in total. The van der Waals surface area contributed by atoms with Crippen molar-refractivity contribution in [2.45, 2.75) is 26.1 Å². The lowest BCUT2D eigenvalue weighted by molar-refractivity contribution is 0.0511. The Bertz CT molecular complexity index is 507. The molecule has 1 aliphatic rings. The van der Waals surface area contributed by atoms with Crippen LogP contribution < -0.4 is 0 Å². The number of fused-ring (bicyclic) bond motifs is 1. The number of benzene rings is 1. The third kappa shape index (κ3) is 3.63. The van der Waals surface area contributed by atoms with Crippen molar-refractivity contribution in [3.8, 4) is 0 Å². The van der Waals surface area contributed by atoms with E-state index in [0.717, 1.165) is 0 Å². The Hall–Kier alpha value is -2.24. The number of esters is 1. The van der Waals surface area contributed by atoms with Crippen molar-refractivity contribution in [3.63, 3.8) is 0 Å². The summed E-state index contributed by atoms with van der Waals surface area (Å²) in [6.07, 6.45) is -0.701. The normalized spacial score (nSPS) is 16.0. The standard InChI is InChI=1S/C8H10FN3O2.C6H6/c1-2-14-8(13)7-10-6-3-5(9)4-12(6)11-7;1-2-4-6-5-3-1/h5H,2-4H2,1H3;1-6H. The fraction of sp³-hybridized carbons (Fsp3) is 0.357. The number of carbonyl (C=O) groups is 1. The minimum absolute atomic E-state index is 0.0220. The molecule has 1 aliphatic heterocycles. The minimum Gasteiger partial charge on any atom is -0.460 e. The average molecular weight is 277 g/mol. The molecule has 0 aliphatic carbocycles. The summed E-state index contributed by atoms with van der Waals surface area (Å²) in [6, 6.07) is 12.0. The van der Waals surface area contributed by atoms with Crippen LogP contribution in [0.15, 0.2) is 36.4 Å². The van der Waals surface area contributed by atoms with Crippen molar-refractivity contribution in [1.82, 2.24) is 14.8 Å². The van der Waals surface area contributed by atoms with Crippen molar-refractivity contribution in [3.05, 3.63) is 48.0 Å². The van der Waals surface area contributed by atoms with Crippen LogP contribution in [0, 0.1) is 0 Å². The first-order chi connectivity index (χ1) is 9.70. The molecule has 1 unspecified atom stereocenters. The number of rotatable bonds is 2. The van der Waals surface area contributed by atoms with Crippen molar-refractivity contribution < 1.29 is 13.9 Å². The minimum atomic E-state index is -0.929. The topological polar surface area (TPSA) is 57.0 Å². The van der Waals surface area contributed by atoms with Crippen molar-refractivity contribution >= 4 is 5.97 Å². The van der Waals surface area contributed by atoms with Gasteiger partial charge in [0.15, 0.2) is 0 Å². The number of aromatic nitrogens is 3. The molecule has 0 N–H and O–H groups in total. The lowest BCUT2D eigenvalue weighted by Crippen LogP contribution is -2.10. The van der Waals surface area contributed by atoms with Gasteiger partial charge in [-0.3, -0.25) is 0 Å². The predicted octanol–water partition coefficient (Wildman–Crippen LogP) is 2.04. The fourth-order valence-electron chi connectivity index (χ4n) is 1.79. The molecule has 0 amide bonds. The Morgan fingerprint density at radius 3 is 2.45 bits per heavy atom. The summed E-state index contributed by atoms with van der Waals surface area (Å²) in [5.74, 6) is -0.0147. The van der Waals surface area contributed by atoms with Gasteiger partial charge >= 0.3 is 5.97 Å². The maximum Gasteiger partial charge on any atom is 0.378 e. The predicted molar refractivity (Wildman–Crippen MR) is 71.0 cm³/mol. The van der Waals surface area contributed by atoms with Crippen LogP contribution in [0.1, 0.15) is 23.4 Å². The Morgan fingerprint density at radius 1 is 1.35 bits per heavy atom. The second-order valence-corrected chi connectivity index (χ2v) is 4.21. The molecule has 1 aromatic carbocycles. The molecule has 0 saturated heterocycles. The van der Waals surface area contributed by atoms with Gasteiger partial charge in [-0.2, -0.15) is 0 Å². The van der Waals surface area contributed by atoms with Crippen LogP contribution in [-0.2, 0) is 17.7 Å². The zero-order chi connectivity index (χ0) is 14.4. The largest absolute Gasteiger partial charge is 0.460 e. The van der Waals surface area contributed by atoms with E-state index in [1.54, 1.807) is 6.92 Å². The van der Waals surface area contributed by atoms with Gasteiger partial charge in [0.25, 0.3) is 5.82 Å². The third-order valence-electron chi connectivity index (χ3n) is 2.65. The molecule has 0 radical (unpaired) electrons. The van der Waals surface area contributed by atoms with E-state index in [4.69, 9.17) is 4.74 Å². The molecule has 0 bridgehead atoms. The highest BCUT2D eigenvalue weighted by Gasteiger charge is 2.26. The Balaban J connectivity index is 0.000000205. The van der Waals surface area contributed by atoms with Gasteiger partial charge in [-0.25, -0.2) is 18.9 Å². The molecule has 20 heavy (non-hydrogen) atoms. The van der Waals surface area contributed by atoms with E-state index in [1.807, 2.05) is 36.4 Å². The first-order valence-electron chi connectivity index (χ1n) is 6.45. The van der Waals surface area contributed by atoms with Crippen molar-refractivity contribution in [1.29, 1.82) is 0 Å². The first kappa shape index (κ1) is 14.2. The molecule has 2 aromatic rings. The van der Waals surface area contributed by atoms with Gasteiger partial charge in [0, 0.05) is 6.42 Å². The summed E-state index contributed by atoms with van der Waals surface area (Å²) in [7, 11) is 0. The molecule has 0 fully saturated rings. The number of alkyl halides is 1. The molecule has 1 atom stereocenters. The van der Waals surface area contributed by atoms with Gasteiger partial charge in [-0.1, -0.05) is 36.4 Å². The summed E-state index contributed by atoms with van der Waals surface area (Å²) in [5, 5.41) is 3.85. The quantitative estimate of drug-likeness (QED) is 0.788. The number of carbonyl (C=O) groups excluding carboxylic acids is 1. The lowest BCUT2D eigenvalue weighted by Gasteiger charge is -1.96. The van der Waals surface area contributed by atoms with Gasteiger partial charge in [0.1, 0.15) is 12.0 Å². The molecule has 6 heteroatoms. The maximum absolute atomic E-state index is 12.8. The Morgan fingerprint density at radius 2 is 1.95 bits per heavy atom. The van der Waals surface area contributed by atoms with Gasteiger partial charge in [0.05, 0.1) is 13.2 Å². The molecule has 3 rings (SSSR count). The van der Waals surface area contributed by atoms with Gasteiger partial charge in [-0.15, -0.1) is 5.10 Å². The highest BCUT2D eigenvalue weighted by atomic mass is 19.1. The number of ether oxygens (including phenoxy) is 1. The van der Waals surface area contributed by atoms with E-state index in [2.05, 4.69) is 10.1 Å². The fourth-order valence-corrected chi connectivity index (χ4v) is 1.79. The number of hydrogen-bond acceptors (Lipinski definition) is 4. The molecule has 0 spiro atoms.